The highest BCUT2D eigenvalue weighted by atomic mass is 32.2. The van der Waals surface area contributed by atoms with Crippen molar-refractivity contribution in [3.8, 4) is 0 Å². The van der Waals surface area contributed by atoms with Gasteiger partial charge in [-0.1, -0.05) is 41.5 Å². The van der Waals surface area contributed by atoms with E-state index in [2.05, 4.69) is 31.9 Å². The maximum absolute atomic E-state index is 12.4. The van der Waals surface area contributed by atoms with Crippen molar-refractivity contribution in [1.82, 2.24) is 0 Å². The summed E-state index contributed by atoms with van der Waals surface area (Å²) in [4.78, 5) is 108. The summed E-state index contributed by atoms with van der Waals surface area (Å²) in [5.74, 6) is 0.630. The number of fused-ring (bicyclic) bond motifs is 13. The van der Waals surface area contributed by atoms with E-state index in [0.717, 1.165) is 0 Å². The fraction of sp³-hybridized carbons (Fsp3) is 0.400. The molecule has 0 unspecified atom stereocenters. The van der Waals surface area contributed by atoms with Gasteiger partial charge in [0.15, 0.2) is 17.3 Å². The number of carbonyl (C=O) groups is 9. The number of Topliss-reactive ketones (excluding diaryl/α,β-unsaturated/α-hetero) is 3. The van der Waals surface area contributed by atoms with Crippen molar-refractivity contribution in [3.63, 3.8) is 0 Å². The zero-order valence-electron chi connectivity index (χ0n) is 37.4. The van der Waals surface area contributed by atoms with E-state index in [9.17, 15) is 43.2 Å². The van der Waals surface area contributed by atoms with Crippen molar-refractivity contribution in [2.75, 3.05) is 81.7 Å². The Morgan fingerprint density at radius 2 is 0.742 bits per heavy atom. The van der Waals surface area contributed by atoms with E-state index < -0.39 is 0 Å². The number of ketones is 3. The molecule has 0 saturated carbocycles. The average Bonchev–Trinajstić information content (AvgIpc) is 3.26. The quantitative estimate of drug-likeness (QED) is 0.127. The van der Waals surface area contributed by atoms with E-state index in [1.165, 1.54) is 70.6 Å². The van der Waals surface area contributed by atoms with Crippen molar-refractivity contribution < 1.29 is 43.2 Å². The number of anilines is 6. The third kappa shape index (κ3) is 18.3. The minimum atomic E-state index is -0.192. The van der Waals surface area contributed by atoms with Crippen molar-refractivity contribution in [3.05, 3.63) is 71.3 Å². The van der Waals surface area contributed by atoms with Crippen molar-refractivity contribution in [1.29, 1.82) is 0 Å². The normalized spacial score (nSPS) is 16.3. The third-order valence-electron chi connectivity index (χ3n) is 8.95. The molecule has 0 saturated heterocycles. The van der Waals surface area contributed by atoms with Crippen LogP contribution >= 0.6 is 70.6 Å². The van der Waals surface area contributed by atoms with E-state index in [-0.39, 0.29) is 70.5 Å². The Labute approximate surface area is 410 Å². The molecular weight excluding hydrogens is 961 g/mol. The zero-order chi connectivity index (χ0) is 48.3. The van der Waals surface area contributed by atoms with Crippen LogP contribution in [0.1, 0.15) is 72.6 Å². The summed E-state index contributed by atoms with van der Waals surface area (Å²) in [5.41, 5.74) is 4.55. The molecule has 4 aliphatic heterocycles. The van der Waals surface area contributed by atoms with Gasteiger partial charge in [-0.05, 0) is 54.6 Å². The first-order chi connectivity index (χ1) is 31.4. The van der Waals surface area contributed by atoms with Crippen LogP contribution in [0.25, 0.3) is 0 Å². The lowest BCUT2D eigenvalue weighted by Crippen LogP contribution is -2.19. The summed E-state index contributed by atoms with van der Waals surface area (Å²) < 4.78 is 0. The molecule has 0 radical (unpaired) electrons. The molecule has 6 N–H and O–H groups in total. The van der Waals surface area contributed by atoms with Crippen LogP contribution in [0.2, 0.25) is 0 Å². The molecule has 4 bridgehead atoms. The Kier molecular flexibility index (Phi) is 22.5. The summed E-state index contributed by atoms with van der Waals surface area (Å²) >= 11 is 8.78. The lowest BCUT2D eigenvalue weighted by molar-refractivity contribution is -0.114. The fourth-order valence-electron chi connectivity index (χ4n) is 5.87. The second kappa shape index (κ2) is 27.4. The lowest BCUT2D eigenvalue weighted by Gasteiger charge is -2.14. The molecule has 0 spiro atoms. The Balaban J connectivity index is 0.000000216. The van der Waals surface area contributed by atoms with E-state index in [4.69, 9.17) is 0 Å². The molecule has 0 fully saturated rings. The topological polar surface area (TPSA) is 226 Å². The number of hydrogen-bond acceptors (Lipinski definition) is 15. The predicted octanol–water partition coefficient (Wildman–Crippen LogP) is 8.52. The Morgan fingerprint density at radius 3 is 1.18 bits per heavy atom. The minimum absolute atomic E-state index is 0.00243. The molecule has 354 valence electrons. The zero-order valence-corrected chi connectivity index (χ0v) is 42.3. The van der Waals surface area contributed by atoms with Gasteiger partial charge in [0.05, 0.1) is 51.6 Å². The van der Waals surface area contributed by atoms with Crippen molar-refractivity contribution in [2.24, 2.45) is 17.8 Å². The summed E-state index contributed by atoms with van der Waals surface area (Å²) in [6.45, 7) is 10.9. The maximum atomic E-state index is 12.4. The van der Waals surface area contributed by atoms with E-state index in [1.807, 2.05) is 27.7 Å². The second-order valence-electron chi connectivity index (χ2n) is 15.6. The highest BCUT2D eigenvalue weighted by molar-refractivity contribution is 8.17. The first-order valence-corrected chi connectivity index (χ1v) is 27.6. The molecule has 0 aliphatic carbocycles. The van der Waals surface area contributed by atoms with Gasteiger partial charge in [0.2, 0.25) is 35.4 Å². The molecule has 66 heavy (non-hydrogen) atoms. The van der Waals surface area contributed by atoms with Crippen LogP contribution in [0.5, 0.6) is 0 Å². The average molecular weight is 1020 g/mol. The van der Waals surface area contributed by atoms with Gasteiger partial charge in [-0.15, -0.1) is 70.6 Å². The number of amides is 6. The number of benzene rings is 3. The molecular formula is C45H54N6O9S6. The first kappa shape index (κ1) is 54.2. The number of hydrogen-bond donors (Lipinski definition) is 6. The van der Waals surface area contributed by atoms with Crippen LogP contribution in [0.15, 0.2) is 54.6 Å². The Bertz CT molecular complexity index is 2270. The Hall–Kier alpha value is -4.41. The van der Waals surface area contributed by atoms with Crippen LogP contribution in [0, 0.1) is 17.8 Å². The number of carbonyl (C=O) groups excluding carboxylic acids is 9. The SMILES string of the molecule is CC(C)C(=O)c1cc2cc(c1)NC(=O)CSCSCC(=O)N2.CC(C)C(=O)c1cc2ccc1NC(=O)CSCSCC(=O)N2.CC(C)C(=O)c1ccc2c(c1)NC(=O)CSCSCC(=O)N2. The predicted molar refractivity (Wildman–Crippen MR) is 278 cm³/mol. The van der Waals surface area contributed by atoms with Crippen LogP contribution in [0.4, 0.5) is 34.1 Å². The molecule has 4 heterocycles. The van der Waals surface area contributed by atoms with Crippen LogP contribution in [-0.2, 0) is 28.8 Å². The molecule has 0 aromatic heterocycles. The first-order valence-electron chi connectivity index (χ1n) is 20.7. The summed E-state index contributed by atoms with van der Waals surface area (Å²) in [5, 5.41) is 18.7. The van der Waals surface area contributed by atoms with Crippen LogP contribution in [-0.4, -0.2) is 103 Å². The second-order valence-corrected chi connectivity index (χ2v) is 22.6. The highest BCUT2D eigenvalue weighted by Gasteiger charge is 2.20. The molecule has 3 aromatic rings. The fourth-order valence-corrected chi connectivity index (χ4v) is 10.8. The standard InChI is InChI=1S/3C15H18N2O3S2/c1-9(2)15(20)10-3-11-5-12(4-10)17-14(19)7-22-8-21-6-13(18)16-11;1-9(2)15(20)11-5-10-3-4-12(11)17-14(19)7-22-8-21-6-13(18)16-10;1-9(2)15(20)10-3-4-11-12(5-10)17-14(19)7-22-8-21-6-13(18)16-11/h3*3-5,9H,6-8H2,1-2H3,(H,16,18)(H,17,19). The lowest BCUT2D eigenvalue weighted by atomic mass is 9.98. The van der Waals surface area contributed by atoms with Crippen molar-refractivity contribution in [2.45, 2.75) is 41.5 Å². The van der Waals surface area contributed by atoms with Crippen molar-refractivity contribution >= 4 is 157 Å². The van der Waals surface area contributed by atoms with Crippen LogP contribution in [0.3, 0.4) is 0 Å². The number of rotatable bonds is 6. The molecule has 3 aromatic carbocycles. The maximum Gasteiger partial charge on any atom is 0.234 e. The summed E-state index contributed by atoms with van der Waals surface area (Å²) in [7, 11) is 0. The summed E-state index contributed by atoms with van der Waals surface area (Å²) in [6, 6.07) is 14.9. The van der Waals surface area contributed by atoms with Gasteiger partial charge in [0.1, 0.15) is 0 Å². The van der Waals surface area contributed by atoms with Gasteiger partial charge in [-0.2, -0.15) is 0 Å². The van der Waals surface area contributed by atoms with E-state index in [1.54, 1.807) is 68.4 Å². The minimum Gasteiger partial charge on any atom is -0.325 e. The number of thioether (sulfide) groups is 6. The molecule has 21 heteroatoms. The van der Waals surface area contributed by atoms with Gasteiger partial charge in [-0.3, -0.25) is 43.2 Å². The summed E-state index contributed by atoms with van der Waals surface area (Å²) in [6.07, 6.45) is 0. The highest BCUT2D eigenvalue weighted by Crippen LogP contribution is 2.28. The largest absolute Gasteiger partial charge is 0.325 e. The number of nitrogens with one attached hydrogen (secondary N) is 6. The molecule has 15 nitrogen and oxygen atoms in total. The third-order valence-corrected chi connectivity index (χ3v) is 15.8. The molecule has 4 aliphatic rings. The molecule has 0 atom stereocenters. The molecule has 6 amide bonds. The van der Waals surface area contributed by atoms with Gasteiger partial charge >= 0.3 is 0 Å². The van der Waals surface area contributed by atoms with Crippen LogP contribution < -0.4 is 31.9 Å². The van der Waals surface area contributed by atoms with E-state index in [0.29, 0.717) is 101 Å². The molecule has 7 rings (SSSR count). The smallest absolute Gasteiger partial charge is 0.234 e. The monoisotopic (exact) mass is 1010 g/mol. The van der Waals surface area contributed by atoms with Gasteiger partial charge in [0, 0.05) is 66.8 Å². The van der Waals surface area contributed by atoms with Gasteiger partial charge < -0.3 is 31.9 Å². The Morgan fingerprint density at radius 1 is 0.379 bits per heavy atom. The van der Waals surface area contributed by atoms with Gasteiger partial charge in [-0.25, -0.2) is 0 Å². The van der Waals surface area contributed by atoms with E-state index >= 15 is 0 Å². The van der Waals surface area contributed by atoms with Gasteiger partial charge in [0.25, 0.3) is 0 Å².